The van der Waals surface area contributed by atoms with Crippen molar-refractivity contribution in [3.8, 4) is 0 Å². The van der Waals surface area contributed by atoms with Crippen molar-refractivity contribution in [1.82, 2.24) is 9.96 Å². The molecule has 0 atom stereocenters. The number of likely N-dealkylation sites (tertiary alicyclic amines) is 1. The zero-order valence-corrected chi connectivity index (χ0v) is 12.5. The van der Waals surface area contributed by atoms with E-state index in [1.165, 1.54) is 0 Å². The van der Waals surface area contributed by atoms with Crippen LogP contribution in [-0.4, -0.2) is 65.5 Å². The summed E-state index contributed by atoms with van der Waals surface area (Å²) in [4.78, 5) is 78.3. The molecule has 2 aliphatic rings. The largest absolute Gasteiger partial charge is 0.373 e. The van der Waals surface area contributed by atoms with Gasteiger partial charge in [-0.3, -0.25) is 24.1 Å². The molecule has 0 bridgehead atoms. The van der Waals surface area contributed by atoms with E-state index in [4.69, 9.17) is 14.3 Å². The Morgan fingerprint density at radius 1 is 0.917 bits per heavy atom. The summed E-state index contributed by atoms with van der Waals surface area (Å²) in [6, 6.07) is 0. The van der Waals surface area contributed by atoms with Gasteiger partial charge in [-0.25, -0.2) is 4.79 Å². The van der Waals surface area contributed by atoms with E-state index in [1.807, 2.05) is 0 Å². The molecule has 2 fully saturated rings. The molecule has 2 aliphatic heterocycles. The molecule has 11 heteroatoms. The Kier molecular flexibility index (Phi) is 7.40. The Balaban J connectivity index is 0.000000891. The lowest BCUT2D eigenvalue weighted by Crippen LogP contribution is -2.35. The third kappa shape index (κ3) is 5.38. The predicted molar refractivity (Wildman–Crippen MR) is 69.0 cm³/mol. The number of carbonyl (C=O) groups is 5. The zero-order valence-electron chi connectivity index (χ0n) is 12.5. The number of hydrogen-bond donors (Lipinski definition) is 0. The third-order valence-electron chi connectivity index (χ3n) is 3.03. The van der Waals surface area contributed by atoms with Crippen LogP contribution in [-0.2, 0) is 43.1 Å². The van der Waals surface area contributed by atoms with Gasteiger partial charge in [-0.05, 0) is 0 Å². The van der Waals surface area contributed by atoms with Crippen LogP contribution in [0.3, 0.4) is 0 Å². The molecule has 0 aromatic carbocycles. The highest BCUT2D eigenvalue weighted by atomic mass is 16.7. The van der Waals surface area contributed by atoms with Crippen LogP contribution in [0, 0.1) is 0 Å². The third-order valence-corrected chi connectivity index (χ3v) is 3.03. The predicted octanol–water partition coefficient (Wildman–Crippen LogP) is -1.82. The number of ether oxygens (including phenoxy) is 1. The van der Waals surface area contributed by atoms with Gasteiger partial charge < -0.3 is 9.57 Å². The van der Waals surface area contributed by atoms with Gasteiger partial charge in [0.15, 0.2) is 0 Å². The van der Waals surface area contributed by atoms with Crippen molar-refractivity contribution in [3.63, 3.8) is 0 Å². The number of amides is 4. The average Bonchev–Trinajstić information content (AvgIpc) is 3.01. The lowest BCUT2D eigenvalue weighted by Gasteiger charge is -2.14. The number of rotatable bonds is 6. The SMILES string of the molecule is O=C(COCCN1C(=O)CCC1=O)ON1C(=O)CCC1=O.O=C=O. The normalized spacial score (nSPS) is 16.8. The molecule has 11 nitrogen and oxygen atoms in total. The van der Waals surface area contributed by atoms with Crippen molar-refractivity contribution < 1.29 is 43.1 Å². The second-order valence-electron chi connectivity index (χ2n) is 4.62. The maximum absolute atomic E-state index is 11.4. The van der Waals surface area contributed by atoms with Crippen LogP contribution in [0.15, 0.2) is 0 Å². The van der Waals surface area contributed by atoms with Crippen LogP contribution in [0.4, 0.5) is 0 Å². The van der Waals surface area contributed by atoms with Crippen LogP contribution < -0.4 is 0 Å². The molecular formula is C13H14N2O9. The smallest absolute Gasteiger partial charge is 0.368 e. The van der Waals surface area contributed by atoms with Crippen LogP contribution >= 0.6 is 0 Å². The molecule has 2 heterocycles. The highest BCUT2D eigenvalue weighted by molar-refractivity contribution is 6.02. The molecule has 0 aromatic heterocycles. The first-order valence-corrected chi connectivity index (χ1v) is 6.87. The van der Waals surface area contributed by atoms with Gasteiger partial charge >= 0.3 is 12.1 Å². The van der Waals surface area contributed by atoms with Crippen molar-refractivity contribution in [2.75, 3.05) is 19.8 Å². The molecule has 2 saturated heterocycles. The standard InChI is InChI=1S/C12H14N2O7.CO2/c15-8-1-2-9(16)13(8)5-6-20-7-12(19)21-14-10(17)3-4-11(14)18;2-1-3/h1-7H2;. The van der Waals surface area contributed by atoms with Crippen molar-refractivity contribution in [2.45, 2.75) is 25.7 Å². The first-order chi connectivity index (χ1) is 11.4. The molecule has 0 N–H and O–H groups in total. The van der Waals surface area contributed by atoms with Gasteiger partial charge in [0.25, 0.3) is 11.8 Å². The molecular weight excluding hydrogens is 328 g/mol. The van der Waals surface area contributed by atoms with Crippen molar-refractivity contribution in [1.29, 1.82) is 0 Å². The van der Waals surface area contributed by atoms with Crippen LogP contribution in [0.5, 0.6) is 0 Å². The summed E-state index contributed by atoms with van der Waals surface area (Å²) in [5, 5.41) is 0.430. The van der Waals surface area contributed by atoms with Crippen molar-refractivity contribution >= 4 is 35.7 Å². The fourth-order valence-corrected chi connectivity index (χ4v) is 1.97. The van der Waals surface area contributed by atoms with E-state index in [1.54, 1.807) is 0 Å². The molecule has 0 aromatic rings. The molecule has 130 valence electrons. The molecule has 0 aliphatic carbocycles. The van der Waals surface area contributed by atoms with Crippen LogP contribution in [0.25, 0.3) is 0 Å². The molecule has 0 radical (unpaired) electrons. The minimum Gasteiger partial charge on any atom is -0.368 e. The van der Waals surface area contributed by atoms with Gasteiger partial charge in [0, 0.05) is 25.7 Å². The highest BCUT2D eigenvalue weighted by Gasteiger charge is 2.33. The lowest BCUT2D eigenvalue weighted by atomic mass is 10.4. The second-order valence-corrected chi connectivity index (χ2v) is 4.62. The number of hydroxylamine groups is 2. The molecule has 2 rings (SSSR count). The Hall–Kier alpha value is -2.91. The summed E-state index contributed by atoms with van der Waals surface area (Å²) < 4.78 is 4.96. The number of imide groups is 2. The van der Waals surface area contributed by atoms with E-state index >= 15 is 0 Å². The maximum Gasteiger partial charge on any atom is 0.373 e. The molecule has 0 unspecified atom stereocenters. The van der Waals surface area contributed by atoms with E-state index < -0.39 is 24.4 Å². The second kappa shape index (κ2) is 9.28. The van der Waals surface area contributed by atoms with E-state index in [0.717, 1.165) is 4.90 Å². The fraction of sp³-hybridized carbons (Fsp3) is 0.538. The Morgan fingerprint density at radius 3 is 1.88 bits per heavy atom. The Bertz CT molecular complexity index is 548. The van der Waals surface area contributed by atoms with Gasteiger partial charge in [0.2, 0.25) is 11.8 Å². The minimum atomic E-state index is -0.891. The summed E-state index contributed by atoms with van der Waals surface area (Å²) in [5.74, 6) is -2.56. The van der Waals surface area contributed by atoms with Crippen molar-refractivity contribution in [2.24, 2.45) is 0 Å². The van der Waals surface area contributed by atoms with E-state index in [9.17, 15) is 24.0 Å². The minimum absolute atomic E-state index is 0.0194. The summed E-state index contributed by atoms with van der Waals surface area (Å²) in [7, 11) is 0. The topological polar surface area (TPSA) is 144 Å². The van der Waals surface area contributed by atoms with Gasteiger partial charge in [0.05, 0.1) is 13.2 Å². The maximum atomic E-state index is 11.4. The monoisotopic (exact) mass is 342 g/mol. The summed E-state index contributed by atoms with van der Waals surface area (Å²) in [6.45, 7) is -0.436. The highest BCUT2D eigenvalue weighted by Crippen LogP contribution is 2.12. The Labute approximate surface area is 135 Å². The van der Waals surface area contributed by atoms with Crippen molar-refractivity contribution in [3.05, 3.63) is 0 Å². The molecule has 0 spiro atoms. The van der Waals surface area contributed by atoms with Gasteiger partial charge in [-0.1, -0.05) is 0 Å². The van der Waals surface area contributed by atoms with E-state index in [2.05, 4.69) is 4.84 Å². The number of hydrogen-bond acceptors (Lipinski definition) is 9. The van der Waals surface area contributed by atoms with Crippen LogP contribution in [0.1, 0.15) is 25.7 Å². The van der Waals surface area contributed by atoms with Crippen LogP contribution in [0.2, 0.25) is 0 Å². The Morgan fingerprint density at radius 2 is 1.38 bits per heavy atom. The lowest BCUT2D eigenvalue weighted by molar-refractivity contribution is -0.200. The zero-order chi connectivity index (χ0) is 18.1. The molecule has 24 heavy (non-hydrogen) atoms. The molecule has 4 amide bonds. The first kappa shape index (κ1) is 19.1. The fourth-order valence-electron chi connectivity index (χ4n) is 1.97. The molecule has 0 saturated carbocycles. The number of carbonyl (C=O) groups excluding carboxylic acids is 7. The van der Waals surface area contributed by atoms with Gasteiger partial charge in [-0.2, -0.15) is 9.59 Å². The summed E-state index contributed by atoms with van der Waals surface area (Å²) >= 11 is 0. The first-order valence-electron chi connectivity index (χ1n) is 6.87. The number of nitrogens with zero attached hydrogens (tertiary/aromatic N) is 2. The van der Waals surface area contributed by atoms with Gasteiger partial charge in [0.1, 0.15) is 6.61 Å². The summed E-state index contributed by atoms with van der Waals surface area (Å²) in [5.41, 5.74) is 0. The van der Waals surface area contributed by atoms with E-state index in [-0.39, 0.29) is 56.8 Å². The average molecular weight is 342 g/mol. The van der Waals surface area contributed by atoms with Gasteiger partial charge in [-0.15, -0.1) is 5.06 Å². The van der Waals surface area contributed by atoms with E-state index in [0.29, 0.717) is 5.06 Å². The summed E-state index contributed by atoms with van der Waals surface area (Å²) in [6.07, 6.45) is 0.679. The quantitative estimate of drug-likeness (QED) is 0.402.